The molecule has 7 nitrogen and oxygen atoms in total. The smallest absolute Gasteiger partial charge is 0.496 e. The van der Waals surface area contributed by atoms with Gasteiger partial charge in [0.15, 0.2) is 11.5 Å². The lowest BCUT2D eigenvalue weighted by atomic mass is 10.1. The van der Waals surface area contributed by atoms with E-state index in [1.165, 1.54) is 37.4 Å². The third-order valence-electron chi connectivity index (χ3n) is 4.51. The number of thioether (sulfide) groups is 1. The summed E-state index contributed by atoms with van der Waals surface area (Å²) in [5.74, 6) is 1.29. The van der Waals surface area contributed by atoms with Crippen molar-refractivity contribution in [3.8, 4) is 23.0 Å². The van der Waals surface area contributed by atoms with Crippen LogP contribution in [0.4, 0.5) is 13.2 Å². The summed E-state index contributed by atoms with van der Waals surface area (Å²) in [7, 11) is 0.396. The molecule has 3 rings (SSSR count). The number of methoxy groups -OCH3 is 3. The summed E-state index contributed by atoms with van der Waals surface area (Å²) >= 11 is 1.40. The molecule has 2 aromatic rings. The maximum atomic E-state index is 13.2. The van der Waals surface area contributed by atoms with Crippen LogP contribution in [0.5, 0.6) is 23.0 Å². The number of nitrogens with zero attached hydrogens (tertiary/aromatic N) is 1. The Labute approximate surface area is 182 Å². The Bertz CT molecular complexity index is 1030. The fourth-order valence-electron chi connectivity index (χ4n) is 3.14. The van der Waals surface area contributed by atoms with Crippen LogP contribution in [0, 0.1) is 0 Å². The normalized spacial score (nSPS) is 17.4. The molecule has 0 bridgehead atoms. The minimum absolute atomic E-state index is 0.144. The van der Waals surface area contributed by atoms with Gasteiger partial charge in [0.1, 0.15) is 11.5 Å². The van der Waals surface area contributed by atoms with E-state index in [1.807, 2.05) is 0 Å². The summed E-state index contributed by atoms with van der Waals surface area (Å²) in [4.78, 5) is -0.144. The second-order valence-electron chi connectivity index (χ2n) is 6.31. The van der Waals surface area contributed by atoms with Crippen molar-refractivity contribution in [1.29, 1.82) is 0 Å². The van der Waals surface area contributed by atoms with Crippen LogP contribution in [0.3, 0.4) is 0 Å². The predicted octanol–water partition coefficient (Wildman–Crippen LogP) is 4.05. The molecule has 1 aliphatic heterocycles. The molecular formula is C19H20F3NO6S2. The first kappa shape index (κ1) is 23.4. The van der Waals surface area contributed by atoms with Gasteiger partial charge in [0.05, 0.1) is 31.6 Å². The lowest BCUT2D eigenvalue weighted by molar-refractivity contribution is -0.274. The van der Waals surface area contributed by atoms with Crippen LogP contribution in [0.25, 0.3) is 0 Å². The van der Waals surface area contributed by atoms with Crippen LogP contribution in [0.1, 0.15) is 10.9 Å². The molecule has 1 aliphatic rings. The summed E-state index contributed by atoms with van der Waals surface area (Å²) in [5.41, 5.74) is 0.572. The zero-order chi connectivity index (χ0) is 22.8. The Morgan fingerprint density at radius 2 is 1.55 bits per heavy atom. The van der Waals surface area contributed by atoms with Gasteiger partial charge in [-0.2, -0.15) is 4.31 Å². The molecule has 1 unspecified atom stereocenters. The van der Waals surface area contributed by atoms with Crippen molar-refractivity contribution >= 4 is 21.8 Å². The average Bonchev–Trinajstić information content (AvgIpc) is 3.22. The van der Waals surface area contributed by atoms with E-state index in [1.54, 1.807) is 12.1 Å². The summed E-state index contributed by atoms with van der Waals surface area (Å²) in [6.07, 6.45) is -4.86. The molecule has 2 aromatic carbocycles. The predicted molar refractivity (Wildman–Crippen MR) is 108 cm³/mol. The number of rotatable bonds is 7. The van der Waals surface area contributed by atoms with Crippen molar-refractivity contribution in [3.05, 3.63) is 42.0 Å². The fraction of sp³-hybridized carbons (Fsp3) is 0.368. The highest BCUT2D eigenvalue weighted by Gasteiger charge is 2.39. The maximum Gasteiger partial charge on any atom is 0.573 e. The van der Waals surface area contributed by atoms with Gasteiger partial charge in [0.25, 0.3) is 0 Å². The Kier molecular flexibility index (Phi) is 6.82. The number of hydrogen-bond acceptors (Lipinski definition) is 7. The lowest BCUT2D eigenvalue weighted by Crippen LogP contribution is -2.30. The summed E-state index contributed by atoms with van der Waals surface area (Å²) < 4.78 is 84.7. The van der Waals surface area contributed by atoms with Gasteiger partial charge in [-0.15, -0.1) is 24.9 Å². The van der Waals surface area contributed by atoms with Gasteiger partial charge in [-0.3, -0.25) is 0 Å². The van der Waals surface area contributed by atoms with Crippen molar-refractivity contribution in [2.45, 2.75) is 16.6 Å². The Hall–Kier alpha value is -2.31. The quantitative estimate of drug-likeness (QED) is 0.593. The molecule has 0 amide bonds. The van der Waals surface area contributed by atoms with Crippen molar-refractivity contribution < 1.29 is 40.5 Å². The first-order chi connectivity index (χ1) is 14.6. The fourth-order valence-corrected chi connectivity index (χ4v) is 6.39. The summed E-state index contributed by atoms with van der Waals surface area (Å²) in [5, 5.41) is -0.620. The molecule has 0 aromatic heterocycles. The van der Waals surface area contributed by atoms with Gasteiger partial charge in [-0.1, -0.05) is 0 Å². The average molecular weight is 479 g/mol. The third-order valence-corrected chi connectivity index (χ3v) is 7.77. The molecule has 31 heavy (non-hydrogen) atoms. The minimum Gasteiger partial charge on any atom is -0.496 e. The van der Waals surface area contributed by atoms with Gasteiger partial charge in [-0.25, -0.2) is 8.42 Å². The number of alkyl halides is 3. The van der Waals surface area contributed by atoms with Gasteiger partial charge in [-0.05, 0) is 30.3 Å². The molecule has 0 saturated carbocycles. The van der Waals surface area contributed by atoms with E-state index < -0.39 is 27.5 Å². The van der Waals surface area contributed by atoms with E-state index in [9.17, 15) is 21.6 Å². The topological polar surface area (TPSA) is 74.3 Å². The van der Waals surface area contributed by atoms with Crippen LogP contribution >= 0.6 is 11.8 Å². The highest BCUT2D eigenvalue weighted by Crippen LogP contribution is 2.47. The number of halogens is 3. The molecule has 1 fully saturated rings. The summed E-state index contributed by atoms with van der Waals surface area (Å²) in [6, 6.07) is 7.38. The van der Waals surface area contributed by atoms with Gasteiger partial charge < -0.3 is 18.9 Å². The first-order valence-corrected chi connectivity index (χ1v) is 11.4. The Morgan fingerprint density at radius 3 is 2.10 bits per heavy atom. The molecule has 1 heterocycles. The Balaban J connectivity index is 1.96. The van der Waals surface area contributed by atoms with E-state index in [0.29, 0.717) is 28.6 Å². The van der Waals surface area contributed by atoms with Crippen LogP contribution < -0.4 is 18.9 Å². The van der Waals surface area contributed by atoms with E-state index in [-0.39, 0.29) is 11.4 Å². The maximum absolute atomic E-state index is 13.2. The highest BCUT2D eigenvalue weighted by atomic mass is 32.2. The van der Waals surface area contributed by atoms with Gasteiger partial charge in [0.2, 0.25) is 10.0 Å². The number of ether oxygens (including phenoxy) is 4. The summed E-state index contributed by atoms with van der Waals surface area (Å²) in [6.45, 7) is 0.218. The zero-order valence-corrected chi connectivity index (χ0v) is 18.4. The van der Waals surface area contributed by atoms with Crippen molar-refractivity contribution in [1.82, 2.24) is 4.31 Å². The first-order valence-electron chi connectivity index (χ1n) is 8.90. The lowest BCUT2D eigenvalue weighted by Gasteiger charge is -2.25. The Morgan fingerprint density at radius 1 is 0.968 bits per heavy atom. The molecule has 0 N–H and O–H groups in total. The van der Waals surface area contributed by atoms with Crippen LogP contribution in [-0.4, -0.2) is 52.7 Å². The standard InChI is InChI=1S/C19H20F3NO6S2/c1-26-15-11-17(28-3)16(27-2)10-14(15)18-23(8-9-30-18)31(24,25)13-6-4-12(5-7-13)29-19(20,21)22/h4-7,10-11,18H,8-9H2,1-3H3. The molecule has 170 valence electrons. The van der Waals surface area contributed by atoms with Crippen molar-refractivity contribution in [2.24, 2.45) is 0 Å². The van der Waals surface area contributed by atoms with E-state index >= 15 is 0 Å². The molecule has 0 aliphatic carbocycles. The SMILES string of the molecule is COc1cc(OC)c(C2SCCN2S(=O)(=O)c2ccc(OC(F)(F)F)cc2)cc1OC. The number of hydrogen-bond donors (Lipinski definition) is 0. The number of benzene rings is 2. The van der Waals surface area contributed by atoms with Crippen molar-refractivity contribution in [3.63, 3.8) is 0 Å². The van der Waals surface area contributed by atoms with Gasteiger partial charge in [0, 0.05) is 23.9 Å². The van der Waals surface area contributed by atoms with E-state index in [4.69, 9.17) is 14.2 Å². The van der Waals surface area contributed by atoms with Crippen LogP contribution in [-0.2, 0) is 10.0 Å². The molecule has 1 atom stereocenters. The monoisotopic (exact) mass is 479 g/mol. The highest BCUT2D eigenvalue weighted by molar-refractivity contribution is 8.01. The molecular weight excluding hydrogens is 459 g/mol. The second-order valence-corrected chi connectivity index (χ2v) is 9.39. The molecule has 0 radical (unpaired) electrons. The molecule has 12 heteroatoms. The van der Waals surface area contributed by atoms with E-state index in [2.05, 4.69) is 4.74 Å². The molecule has 0 spiro atoms. The van der Waals surface area contributed by atoms with Crippen LogP contribution in [0.2, 0.25) is 0 Å². The third kappa shape index (κ3) is 4.96. The second kappa shape index (κ2) is 9.05. The van der Waals surface area contributed by atoms with E-state index in [0.717, 1.165) is 24.3 Å². The number of sulfonamides is 1. The van der Waals surface area contributed by atoms with Crippen molar-refractivity contribution in [2.75, 3.05) is 33.6 Å². The zero-order valence-electron chi connectivity index (χ0n) is 16.8. The largest absolute Gasteiger partial charge is 0.573 e. The van der Waals surface area contributed by atoms with Gasteiger partial charge >= 0.3 is 6.36 Å². The molecule has 1 saturated heterocycles. The minimum atomic E-state index is -4.86. The van der Waals surface area contributed by atoms with Crippen LogP contribution in [0.15, 0.2) is 41.3 Å².